The van der Waals surface area contributed by atoms with Gasteiger partial charge >= 0.3 is 11.9 Å². The molecule has 0 unspecified atom stereocenters. The Kier molecular flexibility index (Phi) is 2.65. The molecule has 17 heavy (non-hydrogen) atoms. The number of ether oxygens (including phenoxy) is 2. The van der Waals surface area contributed by atoms with Crippen molar-refractivity contribution in [2.24, 2.45) is 0 Å². The third-order valence-corrected chi connectivity index (χ3v) is 2.57. The molecule has 4 heteroatoms. The first-order valence-electron chi connectivity index (χ1n) is 5.41. The average molecular weight is 234 g/mol. The molecule has 2 rings (SSSR count). The van der Waals surface area contributed by atoms with Crippen molar-refractivity contribution < 1.29 is 19.1 Å². The quantitative estimate of drug-likeness (QED) is 0.550. The van der Waals surface area contributed by atoms with Crippen molar-refractivity contribution in [1.82, 2.24) is 0 Å². The topological polar surface area (TPSA) is 52.6 Å². The zero-order valence-corrected chi connectivity index (χ0v) is 10.0. The number of aryl methyl sites for hydroxylation is 1. The number of carbonyl (C=O) groups excluding carboxylic acids is 2. The summed E-state index contributed by atoms with van der Waals surface area (Å²) in [7, 11) is 0. The van der Waals surface area contributed by atoms with Gasteiger partial charge in [0.05, 0.1) is 0 Å². The van der Waals surface area contributed by atoms with Gasteiger partial charge in [-0.2, -0.15) is 0 Å². The van der Waals surface area contributed by atoms with Gasteiger partial charge < -0.3 is 9.47 Å². The summed E-state index contributed by atoms with van der Waals surface area (Å²) < 4.78 is 10.1. The van der Waals surface area contributed by atoms with Crippen molar-refractivity contribution in [2.45, 2.75) is 32.5 Å². The minimum absolute atomic E-state index is 0.560. The molecule has 0 spiro atoms. The van der Waals surface area contributed by atoms with Crippen LogP contribution in [0.1, 0.15) is 30.9 Å². The van der Waals surface area contributed by atoms with Crippen LogP contribution < -0.4 is 0 Å². The van der Waals surface area contributed by atoms with Crippen LogP contribution in [0.2, 0.25) is 0 Å². The van der Waals surface area contributed by atoms with Gasteiger partial charge in [0.2, 0.25) is 0 Å². The van der Waals surface area contributed by atoms with Gasteiger partial charge in [-0.3, -0.25) is 9.59 Å². The molecule has 1 aliphatic heterocycles. The summed E-state index contributed by atoms with van der Waals surface area (Å²) >= 11 is 0. The molecule has 1 fully saturated rings. The second-order valence-electron chi connectivity index (χ2n) is 4.59. The van der Waals surface area contributed by atoms with Crippen molar-refractivity contribution >= 4 is 11.9 Å². The van der Waals surface area contributed by atoms with E-state index >= 15 is 0 Å². The Hall–Kier alpha value is -1.84. The van der Waals surface area contributed by atoms with E-state index in [9.17, 15) is 9.59 Å². The van der Waals surface area contributed by atoms with Crippen molar-refractivity contribution in [3.63, 3.8) is 0 Å². The minimum Gasteiger partial charge on any atom is -0.422 e. The highest BCUT2D eigenvalue weighted by atomic mass is 16.7. The summed E-state index contributed by atoms with van der Waals surface area (Å²) in [6.07, 6.45) is 0. The molecule has 1 aliphatic rings. The van der Waals surface area contributed by atoms with E-state index in [0.717, 1.165) is 5.56 Å². The van der Waals surface area contributed by atoms with Gasteiger partial charge in [0.1, 0.15) is 0 Å². The Morgan fingerprint density at radius 3 is 1.94 bits per heavy atom. The van der Waals surface area contributed by atoms with Crippen molar-refractivity contribution in [1.29, 1.82) is 0 Å². The highest BCUT2D eigenvalue weighted by Gasteiger charge is 2.43. The Morgan fingerprint density at radius 2 is 1.47 bits per heavy atom. The first-order valence-corrected chi connectivity index (χ1v) is 5.41. The fourth-order valence-corrected chi connectivity index (χ4v) is 1.75. The van der Waals surface area contributed by atoms with Gasteiger partial charge in [0.15, 0.2) is 5.92 Å². The van der Waals surface area contributed by atoms with Crippen LogP contribution in [0.3, 0.4) is 0 Å². The lowest BCUT2D eigenvalue weighted by Crippen LogP contribution is -2.45. The van der Waals surface area contributed by atoms with Crippen LogP contribution >= 0.6 is 0 Å². The van der Waals surface area contributed by atoms with Crippen molar-refractivity contribution in [3.05, 3.63) is 35.4 Å². The van der Waals surface area contributed by atoms with Gasteiger partial charge in [0.25, 0.3) is 5.79 Å². The van der Waals surface area contributed by atoms with Gasteiger partial charge in [-0.05, 0) is 12.5 Å². The highest BCUT2D eigenvalue weighted by molar-refractivity contribution is 6.02. The van der Waals surface area contributed by atoms with E-state index in [1.54, 1.807) is 12.1 Å². The molecule has 0 aliphatic carbocycles. The van der Waals surface area contributed by atoms with Crippen LogP contribution in [-0.4, -0.2) is 17.7 Å². The van der Waals surface area contributed by atoms with Gasteiger partial charge in [-0.1, -0.05) is 29.8 Å². The smallest absolute Gasteiger partial charge is 0.328 e. The van der Waals surface area contributed by atoms with Crippen LogP contribution in [0.4, 0.5) is 0 Å². The molecule has 4 nitrogen and oxygen atoms in total. The number of hydrogen-bond donors (Lipinski definition) is 0. The maximum absolute atomic E-state index is 11.8. The molecule has 0 bridgehead atoms. The van der Waals surface area contributed by atoms with E-state index in [0.29, 0.717) is 5.56 Å². The second-order valence-corrected chi connectivity index (χ2v) is 4.59. The second kappa shape index (κ2) is 3.87. The van der Waals surface area contributed by atoms with Crippen LogP contribution in [0.15, 0.2) is 24.3 Å². The summed E-state index contributed by atoms with van der Waals surface area (Å²) in [6, 6.07) is 7.16. The molecule has 1 heterocycles. The number of benzene rings is 1. The standard InChI is InChI=1S/C13H14O4/c1-8-4-6-9(7-5-8)10-11(14)16-13(2,3)17-12(10)15/h4-7,10H,1-3H3. The van der Waals surface area contributed by atoms with Crippen LogP contribution in [0.25, 0.3) is 0 Å². The molecule has 90 valence electrons. The SMILES string of the molecule is Cc1ccc(C2C(=O)OC(C)(C)OC2=O)cc1. The molecular formula is C13H14O4. The normalized spacial score (nSPS) is 19.7. The van der Waals surface area contributed by atoms with Gasteiger partial charge in [0, 0.05) is 13.8 Å². The number of rotatable bonds is 1. The maximum Gasteiger partial charge on any atom is 0.328 e. The monoisotopic (exact) mass is 234 g/mol. The molecule has 1 saturated heterocycles. The first-order chi connectivity index (χ1) is 7.89. The molecule has 1 aromatic carbocycles. The number of esters is 2. The number of carbonyl (C=O) groups is 2. The Bertz CT molecular complexity index is 439. The van der Waals surface area contributed by atoms with Crippen LogP contribution in [0, 0.1) is 6.92 Å². The Balaban J connectivity index is 2.30. The summed E-state index contributed by atoms with van der Waals surface area (Å²) in [4.78, 5) is 23.6. The van der Waals surface area contributed by atoms with E-state index in [-0.39, 0.29) is 0 Å². The van der Waals surface area contributed by atoms with E-state index in [1.165, 1.54) is 13.8 Å². The maximum atomic E-state index is 11.8. The molecule has 0 radical (unpaired) electrons. The first kappa shape index (κ1) is 11.6. The zero-order valence-electron chi connectivity index (χ0n) is 10.0. The molecule has 0 N–H and O–H groups in total. The third-order valence-electron chi connectivity index (χ3n) is 2.57. The molecular weight excluding hydrogens is 220 g/mol. The predicted molar refractivity (Wildman–Crippen MR) is 60.2 cm³/mol. The van der Waals surface area contributed by atoms with E-state index in [2.05, 4.69) is 0 Å². The molecule has 1 aromatic rings. The fraction of sp³-hybridized carbons (Fsp3) is 0.385. The lowest BCUT2D eigenvalue weighted by Gasteiger charge is -2.32. The Labute approximate surface area is 99.5 Å². The number of hydrogen-bond acceptors (Lipinski definition) is 4. The summed E-state index contributed by atoms with van der Waals surface area (Å²) in [6.45, 7) is 5.01. The Morgan fingerprint density at radius 1 is 1.00 bits per heavy atom. The third kappa shape index (κ3) is 2.30. The lowest BCUT2D eigenvalue weighted by atomic mass is 9.97. The van der Waals surface area contributed by atoms with E-state index < -0.39 is 23.6 Å². The lowest BCUT2D eigenvalue weighted by molar-refractivity contribution is -0.234. The van der Waals surface area contributed by atoms with Crippen LogP contribution in [-0.2, 0) is 19.1 Å². The average Bonchev–Trinajstić information content (AvgIpc) is 2.18. The predicted octanol–water partition coefficient (Wildman–Crippen LogP) is 1.91. The molecule has 0 aromatic heterocycles. The largest absolute Gasteiger partial charge is 0.422 e. The van der Waals surface area contributed by atoms with E-state index in [4.69, 9.17) is 9.47 Å². The summed E-state index contributed by atoms with van der Waals surface area (Å²) in [5.41, 5.74) is 1.66. The summed E-state index contributed by atoms with van der Waals surface area (Å²) in [5.74, 6) is -3.26. The molecule has 0 saturated carbocycles. The van der Waals surface area contributed by atoms with Gasteiger partial charge in [-0.15, -0.1) is 0 Å². The molecule has 0 amide bonds. The van der Waals surface area contributed by atoms with Crippen molar-refractivity contribution in [3.8, 4) is 0 Å². The van der Waals surface area contributed by atoms with Crippen molar-refractivity contribution in [2.75, 3.05) is 0 Å². The number of cyclic esters (lactones) is 2. The van der Waals surface area contributed by atoms with Crippen LogP contribution in [0.5, 0.6) is 0 Å². The zero-order chi connectivity index (χ0) is 12.6. The molecule has 0 atom stereocenters. The highest BCUT2D eigenvalue weighted by Crippen LogP contribution is 2.29. The van der Waals surface area contributed by atoms with E-state index in [1.807, 2.05) is 19.1 Å². The summed E-state index contributed by atoms with van der Waals surface area (Å²) in [5, 5.41) is 0. The fourth-order valence-electron chi connectivity index (χ4n) is 1.75. The van der Waals surface area contributed by atoms with Gasteiger partial charge in [-0.25, -0.2) is 0 Å². The minimum atomic E-state index is -1.17.